The number of nitrogens with zero attached hydrogens (tertiary/aromatic N) is 3. The minimum absolute atomic E-state index is 0.0566. The lowest BCUT2D eigenvalue weighted by Crippen LogP contribution is -2.19. The molecule has 1 aliphatic rings. The number of thioether (sulfide) groups is 1. The average Bonchev–Trinajstić information content (AvgIpc) is 3.49. The van der Waals surface area contributed by atoms with E-state index >= 15 is 0 Å². The van der Waals surface area contributed by atoms with Gasteiger partial charge in [0.2, 0.25) is 5.91 Å². The summed E-state index contributed by atoms with van der Waals surface area (Å²) in [7, 11) is 1.65. The zero-order chi connectivity index (χ0) is 24.1. The summed E-state index contributed by atoms with van der Waals surface area (Å²) in [6.45, 7) is 7.73. The van der Waals surface area contributed by atoms with Crippen LogP contribution in [0.5, 0.6) is 5.75 Å². The van der Waals surface area contributed by atoms with Gasteiger partial charge in [-0.15, -0.1) is 10.2 Å². The van der Waals surface area contributed by atoms with E-state index in [9.17, 15) is 4.79 Å². The van der Waals surface area contributed by atoms with E-state index in [1.807, 2.05) is 43.3 Å². The highest BCUT2D eigenvalue weighted by molar-refractivity contribution is 7.99. The number of anilines is 1. The van der Waals surface area contributed by atoms with E-state index < -0.39 is 0 Å². The van der Waals surface area contributed by atoms with Crippen molar-refractivity contribution >= 4 is 23.4 Å². The normalized spacial score (nSPS) is 15.6. The van der Waals surface area contributed by atoms with Crippen LogP contribution < -0.4 is 10.1 Å². The van der Waals surface area contributed by atoms with Crippen molar-refractivity contribution in [3.8, 4) is 17.1 Å². The number of hydrogen-bond donors (Lipinski definition) is 1. The number of benzene rings is 2. The van der Waals surface area contributed by atoms with Crippen LogP contribution >= 0.6 is 11.8 Å². The molecule has 0 radical (unpaired) electrons. The zero-order valence-corrected chi connectivity index (χ0v) is 21.0. The molecule has 0 aliphatic carbocycles. The molecule has 2 heterocycles. The first kappa shape index (κ1) is 24.3. The van der Waals surface area contributed by atoms with Gasteiger partial charge in [-0.1, -0.05) is 43.8 Å². The standard InChI is InChI=1S/C26H32N4O3S/c1-17(2)22-9-5-7-18(3)24(22)27-23(31)16-34-26-29-28-25(19-10-12-20(32-4)13-11-19)30(26)15-21-8-6-14-33-21/h5,7,9-13,17,21H,6,8,14-16H2,1-4H3,(H,27,31). The third-order valence-electron chi connectivity index (χ3n) is 6.00. The van der Waals surface area contributed by atoms with E-state index in [1.54, 1.807) is 7.11 Å². The van der Waals surface area contributed by atoms with Crippen LogP contribution in [-0.4, -0.2) is 46.2 Å². The molecule has 3 aromatic rings. The summed E-state index contributed by atoms with van der Waals surface area (Å²) in [6, 6.07) is 13.9. The number of ether oxygens (including phenoxy) is 2. The van der Waals surface area contributed by atoms with Crippen molar-refractivity contribution in [3.63, 3.8) is 0 Å². The molecular weight excluding hydrogens is 448 g/mol. The molecule has 1 aromatic heterocycles. The smallest absolute Gasteiger partial charge is 0.234 e. The number of hydrogen-bond acceptors (Lipinski definition) is 6. The number of para-hydroxylation sites is 1. The zero-order valence-electron chi connectivity index (χ0n) is 20.2. The second-order valence-corrected chi connectivity index (χ2v) is 9.75. The van der Waals surface area contributed by atoms with Gasteiger partial charge in [0.05, 0.1) is 25.5 Å². The van der Waals surface area contributed by atoms with Gasteiger partial charge in [-0.3, -0.25) is 9.36 Å². The highest BCUT2D eigenvalue weighted by atomic mass is 32.2. The Labute approximate surface area is 205 Å². The summed E-state index contributed by atoms with van der Waals surface area (Å²) >= 11 is 1.40. The first-order valence-electron chi connectivity index (χ1n) is 11.7. The molecule has 1 N–H and O–H groups in total. The molecule has 1 fully saturated rings. The van der Waals surface area contributed by atoms with Crippen molar-refractivity contribution in [3.05, 3.63) is 53.6 Å². The molecule has 0 saturated carbocycles. The number of carbonyl (C=O) groups excluding carboxylic acids is 1. The maximum Gasteiger partial charge on any atom is 0.234 e. The number of nitrogens with one attached hydrogen (secondary N) is 1. The predicted octanol–water partition coefficient (Wildman–Crippen LogP) is 5.30. The summed E-state index contributed by atoms with van der Waals surface area (Å²) in [6.07, 6.45) is 2.20. The van der Waals surface area contributed by atoms with Crippen LogP contribution in [0.25, 0.3) is 11.4 Å². The summed E-state index contributed by atoms with van der Waals surface area (Å²) in [5.74, 6) is 2.07. The fraction of sp³-hybridized carbons (Fsp3) is 0.423. The van der Waals surface area contributed by atoms with Gasteiger partial charge in [0.15, 0.2) is 11.0 Å². The SMILES string of the molecule is COc1ccc(-c2nnc(SCC(=O)Nc3c(C)cccc3C(C)C)n2CC2CCCO2)cc1. The Kier molecular flexibility index (Phi) is 7.90. The Balaban J connectivity index is 1.52. The molecule has 1 aliphatic heterocycles. The lowest BCUT2D eigenvalue weighted by Gasteiger charge is -2.17. The van der Waals surface area contributed by atoms with Gasteiger partial charge >= 0.3 is 0 Å². The van der Waals surface area contributed by atoms with Crippen LogP contribution in [0.3, 0.4) is 0 Å². The second-order valence-electron chi connectivity index (χ2n) is 8.81. The van der Waals surface area contributed by atoms with Crippen molar-refractivity contribution in [2.45, 2.75) is 57.3 Å². The fourth-order valence-electron chi connectivity index (χ4n) is 4.15. The van der Waals surface area contributed by atoms with Crippen LogP contribution in [0.2, 0.25) is 0 Å². The molecule has 2 aromatic carbocycles. The molecule has 34 heavy (non-hydrogen) atoms. The minimum Gasteiger partial charge on any atom is -0.497 e. The van der Waals surface area contributed by atoms with Crippen molar-refractivity contribution in [2.24, 2.45) is 0 Å². The Morgan fingerprint density at radius 1 is 1.24 bits per heavy atom. The van der Waals surface area contributed by atoms with E-state index in [2.05, 4.69) is 40.0 Å². The molecule has 4 rings (SSSR count). The summed E-state index contributed by atoms with van der Waals surface area (Å²) in [5, 5.41) is 12.7. The summed E-state index contributed by atoms with van der Waals surface area (Å²) in [5.41, 5.74) is 4.06. The minimum atomic E-state index is -0.0566. The third-order valence-corrected chi connectivity index (χ3v) is 6.97. The third kappa shape index (κ3) is 5.62. The lowest BCUT2D eigenvalue weighted by molar-refractivity contribution is -0.113. The Hall–Kier alpha value is -2.84. The Morgan fingerprint density at radius 3 is 2.71 bits per heavy atom. The topological polar surface area (TPSA) is 78.3 Å². The molecule has 0 bridgehead atoms. The van der Waals surface area contributed by atoms with Gasteiger partial charge < -0.3 is 14.8 Å². The van der Waals surface area contributed by atoms with E-state index in [-0.39, 0.29) is 17.8 Å². The maximum absolute atomic E-state index is 12.9. The van der Waals surface area contributed by atoms with Gasteiger partial charge in [0, 0.05) is 17.9 Å². The number of aromatic nitrogens is 3. The molecule has 1 saturated heterocycles. The van der Waals surface area contributed by atoms with Crippen LogP contribution in [0.1, 0.15) is 43.7 Å². The predicted molar refractivity (Wildman–Crippen MR) is 136 cm³/mol. The Morgan fingerprint density at radius 2 is 2.03 bits per heavy atom. The number of rotatable bonds is 9. The van der Waals surface area contributed by atoms with Gasteiger partial charge in [0.1, 0.15) is 5.75 Å². The van der Waals surface area contributed by atoms with Crippen molar-refractivity contribution in [2.75, 3.05) is 24.8 Å². The fourth-order valence-corrected chi connectivity index (χ4v) is 4.90. The maximum atomic E-state index is 12.9. The number of methoxy groups -OCH3 is 1. The van der Waals surface area contributed by atoms with Crippen LogP contribution in [0, 0.1) is 6.92 Å². The van der Waals surface area contributed by atoms with Gasteiger partial charge in [-0.05, 0) is 61.1 Å². The highest BCUT2D eigenvalue weighted by Gasteiger charge is 2.22. The van der Waals surface area contributed by atoms with Crippen molar-refractivity contribution in [1.29, 1.82) is 0 Å². The summed E-state index contributed by atoms with van der Waals surface area (Å²) in [4.78, 5) is 12.9. The first-order valence-corrected chi connectivity index (χ1v) is 12.7. The molecule has 1 atom stereocenters. The number of carbonyl (C=O) groups is 1. The van der Waals surface area contributed by atoms with Crippen LogP contribution in [0.4, 0.5) is 5.69 Å². The molecule has 1 unspecified atom stereocenters. The number of amides is 1. The van der Waals surface area contributed by atoms with E-state index in [0.717, 1.165) is 53.4 Å². The lowest BCUT2D eigenvalue weighted by atomic mass is 9.98. The average molecular weight is 481 g/mol. The highest BCUT2D eigenvalue weighted by Crippen LogP contribution is 2.30. The largest absolute Gasteiger partial charge is 0.497 e. The van der Waals surface area contributed by atoms with E-state index in [1.165, 1.54) is 11.8 Å². The molecular formula is C26H32N4O3S. The second kappa shape index (κ2) is 11.1. The van der Waals surface area contributed by atoms with E-state index in [0.29, 0.717) is 17.6 Å². The van der Waals surface area contributed by atoms with Crippen molar-refractivity contribution < 1.29 is 14.3 Å². The van der Waals surface area contributed by atoms with Gasteiger partial charge in [-0.2, -0.15) is 0 Å². The molecule has 8 heteroatoms. The van der Waals surface area contributed by atoms with Gasteiger partial charge in [0.25, 0.3) is 0 Å². The first-order chi connectivity index (χ1) is 16.5. The quantitative estimate of drug-likeness (QED) is 0.419. The summed E-state index contributed by atoms with van der Waals surface area (Å²) < 4.78 is 13.2. The molecule has 1 amide bonds. The van der Waals surface area contributed by atoms with Crippen LogP contribution in [0.15, 0.2) is 47.6 Å². The van der Waals surface area contributed by atoms with Crippen molar-refractivity contribution in [1.82, 2.24) is 14.8 Å². The van der Waals surface area contributed by atoms with Crippen LogP contribution in [-0.2, 0) is 16.1 Å². The molecule has 0 spiro atoms. The molecule has 180 valence electrons. The monoisotopic (exact) mass is 480 g/mol. The number of aryl methyl sites for hydroxylation is 1. The Bertz CT molecular complexity index is 1120. The van der Waals surface area contributed by atoms with Gasteiger partial charge in [-0.25, -0.2) is 0 Å². The molecule has 7 nitrogen and oxygen atoms in total. The van der Waals surface area contributed by atoms with E-state index in [4.69, 9.17) is 9.47 Å².